The largest absolute Gasteiger partial charge is 0.339 e. The molecule has 90 valence electrons. The van der Waals surface area contributed by atoms with Crippen LogP contribution in [0.5, 0.6) is 0 Å². The maximum Gasteiger partial charge on any atom is 0.231 e. The molecule has 0 aromatic carbocycles. The fraction of sp³-hybridized carbons (Fsp3) is 0.833. The molecule has 0 aliphatic heterocycles. The van der Waals surface area contributed by atoms with Gasteiger partial charge in [-0.15, -0.1) is 0 Å². The van der Waals surface area contributed by atoms with E-state index in [0.717, 1.165) is 37.4 Å². The lowest BCUT2D eigenvalue weighted by atomic mass is 10.0. The first-order chi connectivity index (χ1) is 7.66. The van der Waals surface area contributed by atoms with Crippen molar-refractivity contribution in [2.24, 2.45) is 11.7 Å². The van der Waals surface area contributed by atoms with Crippen molar-refractivity contribution in [1.82, 2.24) is 10.1 Å². The molecule has 2 N–H and O–H groups in total. The summed E-state index contributed by atoms with van der Waals surface area (Å²) in [4.78, 5) is 4.46. The Morgan fingerprint density at radius 2 is 2.25 bits per heavy atom. The second kappa shape index (κ2) is 4.95. The van der Waals surface area contributed by atoms with Gasteiger partial charge in [0.25, 0.3) is 0 Å². The molecule has 2 atom stereocenters. The normalized spacial score (nSPS) is 25.5. The van der Waals surface area contributed by atoms with E-state index in [1.165, 1.54) is 6.42 Å². The van der Waals surface area contributed by atoms with E-state index in [1.54, 1.807) is 0 Å². The highest BCUT2D eigenvalue weighted by Crippen LogP contribution is 2.32. The lowest BCUT2D eigenvalue weighted by Crippen LogP contribution is -2.22. The molecule has 0 spiro atoms. The van der Waals surface area contributed by atoms with Crippen LogP contribution >= 0.6 is 0 Å². The van der Waals surface area contributed by atoms with Crippen LogP contribution in [0.1, 0.15) is 57.2 Å². The minimum absolute atomic E-state index is 0.207. The first-order valence-electron chi connectivity index (χ1n) is 6.25. The van der Waals surface area contributed by atoms with E-state index in [0.29, 0.717) is 11.8 Å². The fourth-order valence-corrected chi connectivity index (χ4v) is 2.23. The summed E-state index contributed by atoms with van der Waals surface area (Å²) >= 11 is 0. The van der Waals surface area contributed by atoms with Gasteiger partial charge in [-0.2, -0.15) is 4.98 Å². The first kappa shape index (κ1) is 11.6. The second-order valence-corrected chi connectivity index (χ2v) is 5.18. The Hall–Kier alpha value is -0.900. The molecule has 2 unspecified atom stereocenters. The van der Waals surface area contributed by atoms with Crippen molar-refractivity contribution in [2.75, 3.05) is 0 Å². The predicted molar refractivity (Wildman–Crippen MR) is 62.0 cm³/mol. The van der Waals surface area contributed by atoms with Crippen molar-refractivity contribution in [3.8, 4) is 0 Å². The molecule has 1 aromatic heterocycles. The molecule has 2 rings (SSSR count). The first-order valence-corrected chi connectivity index (χ1v) is 6.25. The molecule has 1 heterocycles. The van der Waals surface area contributed by atoms with Gasteiger partial charge in [-0.05, 0) is 25.2 Å². The summed E-state index contributed by atoms with van der Waals surface area (Å²) in [5.74, 6) is 2.56. The zero-order valence-electron chi connectivity index (χ0n) is 10.1. The Kier molecular flexibility index (Phi) is 3.59. The Labute approximate surface area is 96.6 Å². The van der Waals surface area contributed by atoms with Crippen molar-refractivity contribution in [3.63, 3.8) is 0 Å². The highest BCUT2D eigenvalue weighted by molar-refractivity contribution is 5.02. The van der Waals surface area contributed by atoms with Crippen LogP contribution in [0.2, 0.25) is 0 Å². The molecule has 1 fully saturated rings. The van der Waals surface area contributed by atoms with Crippen LogP contribution in [-0.2, 0) is 6.42 Å². The van der Waals surface area contributed by atoms with Crippen LogP contribution in [0.25, 0.3) is 0 Å². The molecule has 0 saturated heterocycles. The lowest BCUT2D eigenvalue weighted by molar-refractivity contribution is 0.341. The molecule has 4 nitrogen and oxygen atoms in total. The third-order valence-corrected chi connectivity index (χ3v) is 3.32. The molecule has 0 amide bonds. The van der Waals surface area contributed by atoms with E-state index >= 15 is 0 Å². The number of hydrogen-bond donors (Lipinski definition) is 1. The van der Waals surface area contributed by atoms with Gasteiger partial charge in [0.15, 0.2) is 5.82 Å². The van der Waals surface area contributed by atoms with Crippen molar-refractivity contribution >= 4 is 0 Å². The zero-order valence-corrected chi connectivity index (χ0v) is 10.1. The standard InChI is InChI=1S/C12H21N3O/c1-8(2)6-7-11-14-12(16-15-11)9-4-3-5-10(9)13/h8-10H,3-7,13H2,1-2H3. The third kappa shape index (κ3) is 2.61. The molecule has 1 aliphatic carbocycles. The van der Waals surface area contributed by atoms with Gasteiger partial charge in [-0.1, -0.05) is 25.4 Å². The van der Waals surface area contributed by atoms with Crippen LogP contribution in [-0.4, -0.2) is 16.2 Å². The van der Waals surface area contributed by atoms with E-state index in [9.17, 15) is 0 Å². The third-order valence-electron chi connectivity index (χ3n) is 3.32. The highest BCUT2D eigenvalue weighted by Gasteiger charge is 2.30. The van der Waals surface area contributed by atoms with E-state index in [2.05, 4.69) is 24.0 Å². The number of aryl methyl sites for hydroxylation is 1. The summed E-state index contributed by atoms with van der Waals surface area (Å²) < 4.78 is 5.31. The summed E-state index contributed by atoms with van der Waals surface area (Å²) in [5, 5.41) is 4.03. The van der Waals surface area contributed by atoms with Crippen molar-refractivity contribution in [2.45, 2.75) is 57.9 Å². The molecular weight excluding hydrogens is 202 g/mol. The molecule has 16 heavy (non-hydrogen) atoms. The molecular formula is C12H21N3O. The summed E-state index contributed by atoms with van der Waals surface area (Å²) in [7, 11) is 0. The molecule has 1 aromatic rings. The number of aromatic nitrogens is 2. The molecule has 4 heteroatoms. The van der Waals surface area contributed by atoms with Gasteiger partial charge in [-0.25, -0.2) is 0 Å². The molecule has 0 radical (unpaired) electrons. The Morgan fingerprint density at radius 3 is 2.88 bits per heavy atom. The Morgan fingerprint density at radius 1 is 1.44 bits per heavy atom. The van der Waals surface area contributed by atoms with Crippen LogP contribution < -0.4 is 5.73 Å². The summed E-state index contributed by atoms with van der Waals surface area (Å²) in [5.41, 5.74) is 6.01. The van der Waals surface area contributed by atoms with E-state index < -0.39 is 0 Å². The quantitative estimate of drug-likeness (QED) is 0.850. The minimum Gasteiger partial charge on any atom is -0.339 e. The van der Waals surface area contributed by atoms with Gasteiger partial charge in [0, 0.05) is 12.5 Å². The maximum atomic E-state index is 6.01. The summed E-state index contributed by atoms with van der Waals surface area (Å²) in [6, 6.07) is 0.207. The van der Waals surface area contributed by atoms with Crippen LogP contribution in [0.3, 0.4) is 0 Å². The summed E-state index contributed by atoms with van der Waals surface area (Å²) in [6.45, 7) is 4.40. The second-order valence-electron chi connectivity index (χ2n) is 5.18. The number of nitrogens with two attached hydrogens (primary N) is 1. The maximum absolute atomic E-state index is 6.01. The summed E-state index contributed by atoms with van der Waals surface area (Å²) in [6.07, 6.45) is 5.36. The molecule has 1 saturated carbocycles. The number of hydrogen-bond acceptors (Lipinski definition) is 4. The van der Waals surface area contributed by atoms with Gasteiger partial charge in [-0.3, -0.25) is 0 Å². The monoisotopic (exact) mass is 223 g/mol. The molecule has 0 bridgehead atoms. The Bertz CT molecular complexity index is 335. The van der Waals surface area contributed by atoms with Crippen molar-refractivity contribution < 1.29 is 4.52 Å². The van der Waals surface area contributed by atoms with Crippen molar-refractivity contribution in [1.29, 1.82) is 0 Å². The minimum atomic E-state index is 0.207. The average molecular weight is 223 g/mol. The van der Waals surface area contributed by atoms with Crippen LogP contribution in [0, 0.1) is 5.92 Å². The van der Waals surface area contributed by atoms with Crippen molar-refractivity contribution in [3.05, 3.63) is 11.7 Å². The number of rotatable bonds is 4. The van der Waals surface area contributed by atoms with Gasteiger partial charge in [0.05, 0.1) is 5.92 Å². The van der Waals surface area contributed by atoms with Crippen LogP contribution in [0.15, 0.2) is 4.52 Å². The fourth-order valence-electron chi connectivity index (χ4n) is 2.23. The number of nitrogens with zero attached hydrogens (tertiary/aromatic N) is 2. The van der Waals surface area contributed by atoms with Gasteiger partial charge < -0.3 is 10.3 Å². The Balaban J connectivity index is 1.96. The van der Waals surface area contributed by atoms with Gasteiger partial charge in [0.1, 0.15) is 0 Å². The SMILES string of the molecule is CC(C)CCc1noc(C2CCCC2N)n1. The van der Waals surface area contributed by atoms with Gasteiger partial charge >= 0.3 is 0 Å². The van der Waals surface area contributed by atoms with Crippen LogP contribution in [0.4, 0.5) is 0 Å². The lowest BCUT2D eigenvalue weighted by Gasteiger charge is -2.08. The topological polar surface area (TPSA) is 64.9 Å². The molecule has 1 aliphatic rings. The average Bonchev–Trinajstić information content (AvgIpc) is 2.83. The zero-order chi connectivity index (χ0) is 11.5. The van der Waals surface area contributed by atoms with E-state index in [1.807, 2.05) is 0 Å². The highest BCUT2D eigenvalue weighted by atomic mass is 16.5. The van der Waals surface area contributed by atoms with E-state index in [4.69, 9.17) is 10.3 Å². The van der Waals surface area contributed by atoms with E-state index in [-0.39, 0.29) is 6.04 Å². The van der Waals surface area contributed by atoms with Gasteiger partial charge in [0.2, 0.25) is 5.89 Å². The smallest absolute Gasteiger partial charge is 0.231 e. The predicted octanol–water partition coefficient (Wildman–Crippen LogP) is 2.25.